The first kappa shape index (κ1) is 23.4. The quantitative estimate of drug-likeness (QED) is 0.377. The Morgan fingerprint density at radius 2 is 2.03 bits per heavy atom. The lowest BCUT2D eigenvalue weighted by Gasteiger charge is -2.21. The highest BCUT2D eigenvalue weighted by molar-refractivity contribution is 6.30. The molecular formula is C26H27ClN4O4. The predicted molar refractivity (Wildman–Crippen MR) is 131 cm³/mol. The Labute approximate surface area is 208 Å². The number of hydrogen-bond donors (Lipinski definition) is 3. The normalized spacial score (nSPS) is 15.4. The van der Waals surface area contributed by atoms with E-state index in [4.69, 9.17) is 20.8 Å². The van der Waals surface area contributed by atoms with Crippen molar-refractivity contribution in [3.8, 4) is 0 Å². The Balaban J connectivity index is 1.39. The van der Waals surface area contributed by atoms with Crippen LogP contribution in [0.4, 0.5) is 5.69 Å². The summed E-state index contributed by atoms with van der Waals surface area (Å²) < 4.78 is 10.4. The largest absolute Gasteiger partial charge is 0.461 e. The molecule has 1 aliphatic heterocycles. The SMILES string of the molecule is CCOC(=O)c1ncoc1CNC(=O)[C@H](Nc1ccc2c(c1)CNC2)c1cc(Cl)cc(C2CC2)c1. The molecule has 0 radical (unpaired) electrons. The Bertz CT molecular complexity index is 1250. The molecule has 1 aliphatic carbocycles. The van der Waals surface area contributed by atoms with E-state index in [-0.39, 0.29) is 30.5 Å². The number of carbonyl (C=O) groups is 2. The zero-order valence-corrected chi connectivity index (χ0v) is 20.2. The summed E-state index contributed by atoms with van der Waals surface area (Å²) in [5.74, 6) is -0.137. The number of carbonyl (C=O) groups excluding carboxylic acids is 2. The van der Waals surface area contributed by atoms with Gasteiger partial charge in [0.1, 0.15) is 6.04 Å². The topological polar surface area (TPSA) is 105 Å². The second-order valence-electron chi connectivity index (χ2n) is 8.82. The first-order valence-corrected chi connectivity index (χ1v) is 12.2. The van der Waals surface area contributed by atoms with Crippen molar-refractivity contribution in [2.24, 2.45) is 0 Å². The minimum atomic E-state index is -0.701. The van der Waals surface area contributed by atoms with Crippen LogP contribution in [0.1, 0.15) is 70.2 Å². The van der Waals surface area contributed by atoms with Crippen molar-refractivity contribution in [1.29, 1.82) is 0 Å². The average molecular weight is 495 g/mol. The molecule has 1 amide bonds. The number of amides is 1. The van der Waals surface area contributed by atoms with Gasteiger partial charge in [0.05, 0.1) is 13.2 Å². The maximum absolute atomic E-state index is 13.5. The Hall–Kier alpha value is -3.36. The summed E-state index contributed by atoms with van der Waals surface area (Å²) in [6.07, 6.45) is 3.43. The van der Waals surface area contributed by atoms with Gasteiger partial charge in [-0.3, -0.25) is 4.79 Å². The molecule has 9 heteroatoms. The van der Waals surface area contributed by atoms with Crippen LogP contribution in [0.25, 0.3) is 0 Å². The standard InChI is InChI=1S/C26H27ClN4O4/c1-2-34-26(33)24-22(35-14-30-24)13-29-25(32)23(18-7-17(15-3-4-15)8-20(27)9-18)31-21-6-5-16-11-28-12-19(16)10-21/h5-10,14-15,23,28,31H,2-4,11-13H2,1H3,(H,29,32)/t23-/m1/s1. The van der Waals surface area contributed by atoms with Gasteiger partial charge >= 0.3 is 5.97 Å². The van der Waals surface area contributed by atoms with E-state index in [1.807, 2.05) is 24.3 Å². The highest BCUT2D eigenvalue weighted by Crippen LogP contribution is 2.42. The van der Waals surface area contributed by atoms with E-state index in [9.17, 15) is 9.59 Å². The van der Waals surface area contributed by atoms with E-state index in [1.165, 1.54) is 17.5 Å². The van der Waals surface area contributed by atoms with Gasteiger partial charge in [-0.2, -0.15) is 0 Å². The van der Waals surface area contributed by atoms with Crippen LogP contribution in [0.2, 0.25) is 5.02 Å². The minimum absolute atomic E-state index is 0.00465. The number of rotatable bonds is 9. The second kappa shape index (κ2) is 10.1. The molecule has 0 unspecified atom stereocenters. The summed E-state index contributed by atoms with van der Waals surface area (Å²) in [5.41, 5.74) is 5.28. The summed E-state index contributed by atoms with van der Waals surface area (Å²) >= 11 is 6.45. The Morgan fingerprint density at radius 1 is 1.20 bits per heavy atom. The maximum Gasteiger partial charge on any atom is 0.360 e. The van der Waals surface area contributed by atoms with E-state index in [0.29, 0.717) is 10.9 Å². The summed E-state index contributed by atoms with van der Waals surface area (Å²) in [7, 11) is 0. The van der Waals surface area contributed by atoms with Crippen molar-refractivity contribution >= 4 is 29.2 Å². The van der Waals surface area contributed by atoms with Gasteiger partial charge in [-0.25, -0.2) is 9.78 Å². The van der Waals surface area contributed by atoms with Crippen LogP contribution in [0.15, 0.2) is 47.2 Å². The third-order valence-electron chi connectivity index (χ3n) is 6.27. The molecule has 8 nitrogen and oxygen atoms in total. The fourth-order valence-corrected chi connectivity index (χ4v) is 4.59. The highest BCUT2D eigenvalue weighted by atomic mass is 35.5. The lowest BCUT2D eigenvalue weighted by atomic mass is 10.00. The molecule has 0 saturated heterocycles. The van der Waals surface area contributed by atoms with Crippen molar-refractivity contribution in [3.05, 3.63) is 81.5 Å². The number of aromatic nitrogens is 1. The van der Waals surface area contributed by atoms with Gasteiger partial charge in [-0.15, -0.1) is 0 Å². The second-order valence-corrected chi connectivity index (χ2v) is 9.26. The van der Waals surface area contributed by atoms with Crippen molar-refractivity contribution < 1.29 is 18.7 Å². The number of benzene rings is 2. The van der Waals surface area contributed by atoms with Gasteiger partial charge in [0.25, 0.3) is 0 Å². The number of nitrogens with zero attached hydrogens (tertiary/aromatic N) is 1. The molecule has 3 aromatic rings. The molecule has 3 N–H and O–H groups in total. The number of ether oxygens (including phenoxy) is 1. The van der Waals surface area contributed by atoms with Crippen LogP contribution in [-0.2, 0) is 29.2 Å². The van der Waals surface area contributed by atoms with E-state index in [1.54, 1.807) is 6.92 Å². The van der Waals surface area contributed by atoms with Gasteiger partial charge in [0.2, 0.25) is 5.91 Å². The maximum atomic E-state index is 13.5. The average Bonchev–Trinajstić information content (AvgIpc) is 3.41. The predicted octanol–water partition coefficient (Wildman–Crippen LogP) is 4.45. The molecule has 1 atom stereocenters. The number of fused-ring (bicyclic) bond motifs is 1. The molecule has 35 heavy (non-hydrogen) atoms. The lowest BCUT2D eigenvalue weighted by Crippen LogP contribution is -2.33. The first-order chi connectivity index (χ1) is 17.0. The Kier molecular flexibility index (Phi) is 6.74. The molecule has 1 aromatic heterocycles. The molecule has 182 valence electrons. The summed E-state index contributed by atoms with van der Waals surface area (Å²) in [5, 5.41) is 10.2. The van der Waals surface area contributed by atoms with Crippen LogP contribution < -0.4 is 16.0 Å². The van der Waals surface area contributed by atoms with E-state index >= 15 is 0 Å². The minimum Gasteiger partial charge on any atom is -0.461 e. The highest BCUT2D eigenvalue weighted by Gasteiger charge is 2.28. The smallest absolute Gasteiger partial charge is 0.360 e. The monoisotopic (exact) mass is 494 g/mol. The lowest BCUT2D eigenvalue weighted by molar-refractivity contribution is -0.122. The molecule has 2 aromatic carbocycles. The zero-order chi connectivity index (χ0) is 24.4. The van der Waals surface area contributed by atoms with Crippen molar-refractivity contribution in [2.75, 3.05) is 11.9 Å². The molecule has 0 bridgehead atoms. The van der Waals surface area contributed by atoms with Gasteiger partial charge in [-0.1, -0.05) is 23.7 Å². The van der Waals surface area contributed by atoms with Gasteiger partial charge < -0.3 is 25.1 Å². The molecule has 5 rings (SSSR count). The number of oxazole rings is 1. The first-order valence-electron chi connectivity index (χ1n) is 11.8. The molecule has 1 fully saturated rings. The van der Waals surface area contributed by atoms with Crippen LogP contribution in [0.3, 0.4) is 0 Å². The number of anilines is 1. The van der Waals surface area contributed by atoms with Gasteiger partial charge in [-0.05, 0) is 72.2 Å². The van der Waals surface area contributed by atoms with Crippen LogP contribution >= 0.6 is 11.6 Å². The number of nitrogens with one attached hydrogen (secondary N) is 3. The van der Waals surface area contributed by atoms with Crippen LogP contribution in [-0.4, -0.2) is 23.5 Å². The van der Waals surface area contributed by atoms with Crippen molar-refractivity contribution in [2.45, 2.75) is 51.4 Å². The number of esters is 1. The number of halogens is 1. The van der Waals surface area contributed by atoms with Crippen molar-refractivity contribution in [3.63, 3.8) is 0 Å². The summed E-state index contributed by atoms with van der Waals surface area (Å²) in [6, 6.07) is 11.3. The van der Waals surface area contributed by atoms with Crippen LogP contribution in [0, 0.1) is 0 Å². The van der Waals surface area contributed by atoms with Gasteiger partial charge in [0, 0.05) is 23.8 Å². The van der Waals surface area contributed by atoms with E-state index in [0.717, 1.165) is 42.7 Å². The molecule has 0 spiro atoms. The summed E-state index contributed by atoms with van der Waals surface area (Å²) in [6.45, 7) is 3.57. The fraction of sp³-hybridized carbons (Fsp3) is 0.346. The van der Waals surface area contributed by atoms with E-state index in [2.05, 4.69) is 33.1 Å². The molecular weight excluding hydrogens is 468 g/mol. The fourth-order valence-electron chi connectivity index (χ4n) is 4.34. The Morgan fingerprint density at radius 3 is 2.83 bits per heavy atom. The van der Waals surface area contributed by atoms with E-state index < -0.39 is 12.0 Å². The molecule has 2 heterocycles. The molecule has 2 aliphatic rings. The zero-order valence-electron chi connectivity index (χ0n) is 19.4. The summed E-state index contributed by atoms with van der Waals surface area (Å²) in [4.78, 5) is 29.5. The van der Waals surface area contributed by atoms with Gasteiger partial charge in [0.15, 0.2) is 17.8 Å². The third-order valence-corrected chi connectivity index (χ3v) is 6.49. The molecule has 1 saturated carbocycles. The van der Waals surface area contributed by atoms with Crippen molar-refractivity contribution in [1.82, 2.24) is 15.6 Å². The third kappa shape index (κ3) is 5.33. The van der Waals surface area contributed by atoms with Crippen LogP contribution in [0.5, 0.6) is 0 Å². The number of hydrogen-bond acceptors (Lipinski definition) is 7.